The highest BCUT2D eigenvalue weighted by atomic mass is 16.3. The van der Waals surface area contributed by atoms with Gasteiger partial charge in [-0.15, -0.1) is 0 Å². The number of furan rings is 1. The van der Waals surface area contributed by atoms with Gasteiger partial charge in [0.1, 0.15) is 11.2 Å². The molecule has 0 saturated heterocycles. The van der Waals surface area contributed by atoms with Crippen LogP contribution in [-0.4, -0.2) is 0 Å². The van der Waals surface area contributed by atoms with Gasteiger partial charge >= 0.3 is 0 Å². The molecule has 1 N–H and O–H groups in total. The van der Waals surface area contributed by atoms with Crippen molar-refractivity contribution in [3.05, 3.63) is 126 Å². The smallest absolute Gasteiger partial charge is 0.135 e. The van der Waals surface area contributed by atoms with Crippen molar-refractivity contribution in [1.82, 2.24) is 0 Å². The van der Waals surface area contributed by atoms with Gasteiger partial charge in [0, 0.05) is 27.9 Å². The summed E-state index contributed by atoms with van der Waals surface area (Å²) >= 11 is 0. The van der Waals surface area contributed by atoms with Crippen LogP contribution in [-0.2, 0) is 0 Å². The lowest BCUT2D eigenvalue weighted by atomic mass is 9.94. The number of fused-ring (bicyclic) bond motifs is 6. The second-order valence-corrected chi connectivity index (χ2v) is 9.89. The number of hydrogen-bond acceptors (Lipinski definition) is 2. The fourth-order valence-corrected chi connectivity index (χ4v) is 5.67. The zero-order valence-corrected chi connectivity index (χ0v) is 21.0. The molecule has 0 aliphatic carbocycles. The topological polar surface area (TPSA) is 25.2 Å². The predicted octanol–water partition coefficient (Wildman–Crippen LogP) is 10.0. The zero-order valence-electron chi connectivity index (χ0n) is 21.0. The molecule has 0 bridgehead atoms. The van der Waals surface area contributed by atoms with Gasteiger partial charge < -0.3 is 9.73 Å². The molecule has 2 heteroatoms. The number of anilines is 1. The summed E-state index contributed by atoms with van der Waals surface area (Å²) in [5.74, 6) is 0. The number of nitrogens with one attached hydrogen (secondary N) is 1. The first kappa shape index (κ1) is 21.7. The predicted molar refractivity (Wildman–Crippen MR) is 157 cm³/mol. The molecule has 0 aliphatic rings. The minimum absolute atomic E-state index is 0.164. The molecular formula is C35H27NO. The van der Waals surface area contributed by atoms with Gasteiger partial charge in [0.2, 0.25) is 0 Å². The van der Waals surface area contributed by atoms with Crippen molar-refractivity contribution in [3.8, 4) is 11.1 Å². The standard InChI is InChI=1S/C35H27NO/c1-22-27-9-3-4-10-28(27)29-11-5-6-13-31(29)35(22)36-23(2)24-15-17-25(18-16-24)26-19-20-34-32(21-26)30-12-7-8-14-33(30)37-34/h3-21,23,36H,1-2H3. The lowest BCUT2D eigenvalue weighted by Crippen LogP contribution is -2.08. The molecule has 1 heterocycles. The normalized spacial score (nSPS) is 12.5. The van der Waals surface area contributed by atoms with E-state index < -0.39 is 0 Å². The third-order valence-corrected chi connectivity index (χ3v) is 7.67. The summed E-state index contributed by atoms with van der Waals surface area (Å²) in [5.41, 5.74) is 8.02. The van der Waals surface area contributed by atoms with Crippen molar-refractivity contribution < 1.29 is 4.42 Å². The van der Waals surface area contributed by atoms with Crippen molar-refractivity contribution in [3.63, 3.8) is 0 Å². The van der Waals surface area contributed by atoms with Crippen LogP contribution < -0.4 is 5.32 Å². The van der Waals surface area contributed by atoms with Crippen LogP contribution in [0.4, 0.5) is 5.69 Å². The Morgan fingerprint density at radius 2 is 1.11 bits per heavy atom. The van der Waals surface area contributed by atoms with Gasteiger partial charge in [-0.25, -0.2) is 0 Å². The quantitative estimate of drug-likeness (QED) is 0.255. The molecule has 1 atom stereocenters. The second-order valence-electron chi connectivity index (χ2n) is 9.89. The van der Waals surface area contributed by atoms with Crippen LogP contribution in [0.25, 0.3) is 54.6 Å². The van der Waals surface area contributed by atoms with E-state index >= 15 is 0 Å². The first-order chi connectivity index (χ1) is 18.2. The lowest BCUT2D eigenvalue weighted by Gasteiger charge is -2.21. The van der Waals surface area contributed by atoms with Crippen LogP contribution in [0, 0.1) is 6.92 Å². The van der Waals surface area contributed by atoms with Crippen LogP contribution in [0.1, 0.15) is 24.1 Å². The van der Waals surface area contributed by atoms with Crippen molar-refractivity contribution in [2.45, 2.75) is 19.9 Å². The Labute approximate surface area is 216 Å². The zero-order chi connectivity index (χ0) is 24.9. The molecule has 1 unspecified atom stereocenters. The van der Waals surface area contributed by atoms with E-state index in [2.05, 4.69) is 122 Å². The summed E-state index contributed by atoms with van der Waals surface area (Å²) in [7, 11) is 0. The third-order valence-electron chi connectivity index (χ3n) is 7.67. The Kier molecular flexibility index (Phi) is 5.00. The van der Waals surface area contributed by atoms with Crippen molar-refractivity contribution in [2.24, 2.45) is 0 Å². The molecule has 1 aromatic heterocycles. The minimum Gasteiger partial charge on any atom is -0.456 e. The second kappa shape index (κ2) is 8.53. The Morgan fingerprint density at radius 1 is 0.541 bits per heavy atom. The van der Waals surface area contributed by atoms with Crippen molar-refractivity contribution in [2.75, 3.05) is 5.32 Å². The number of aryl methyl sites for hydroxylation is 1. The van der Waals surface area contributed by atoms with Crippen LogP contribution >= 0.6 is 0 Å². The molecular weight excluding hydrogens is 450 g/mol. The molecule has 0 radical (unpaired) electrons. The van der Waals surface area contributed by atoms with Crippen LogP contribution in [0.5, 0.6) is 0 Å². The van der Waals surface area contributed by atoms with Gasteiger partial charge in [-0.2, -0.15) is 0 Å². The first-order valence-electron chi connectivity index (χ1n) is 12.9. The Bertz CT molecular complexity index is 1930. The summed E-state index contributed by atoms with van der Waals surface area (Å²) in [4.78, 5) is 0. The number of hydrogen-bond donors (Lipinski definition) is 1. The maximum Gasteiger partial charge on any atom is 0.135 e. The van der Waals surface area contributed by atoms with E-state index in [1.165, 1.54) is 49.5 Å². The van der Waals surface area contributed by atoms with E-state index in [0.717, 1.165) is 21.9 Å². The van der Waals surface area contributed by atoms with Gasteiger partial charge in [-0.3, -0.25) is 0 Å². The number of para-hydroxylation sites is 1. The first-order valence-corrected chi connectivity index (χ1v) is 12.9. The van der Waals surface area contributed by atoms with Crippen LogP contribution in [0.15, 0.2) is 120 Å². The molecule has 0 aliphatic heterocycles. The number of benzene rings is 6. The van der Waals surface area contributed by atoms with Crippen molar-refractivity contribution >= 4 is 49.2 Å². The molecule has 7 aromatic rings. The highest BCUT2D eigenvalue weighted by molar-refractivity contribution is 6.15. The highest BCUT2D eigenvalue weighted by Gasteiger charge is 2.14. The van der Waals surface area contributed by atoms with Gasteiger partial charge in [0.15, 0.2) is 0 Å². The van der Waals surface area contributed by atoms with E-state index in [4.69, 9.17) is 4.42 Å². The monoisotopic (exact) mass is 477 g/mol. The van der Waals surface area contributed by atoms with E-state index in [0.29, 0.717) is 0 Å². The molecule has 0 fully saturated rings. The highest BCUT2D eigenvalue weighted by Crippen LogP contribution is 2.38. The van der Waals surface area contributed by atoms with Crippen molar-refractivity contribution in [1.29, 1.82) is 0 Å². The minimum atomic E-state index is 0.164. The van der Waals surface area contributed by atoms with Crippen LogP contribution in [0.2, 0.25) is 0 Å². The fourth-order valence-electron chi connectivity index (χ4n) is 5.67. The molecule has 2 nitrogen and oxygen atoms in total. The average Bonchev–Trinajstić information content (AvgIpc) is 3.33. The largest absolute Gasteiger partial charge is 0.456 e. The molecule has 0 spiro atoms. The van der Waals surface area contributed by atoms with Gasteiger partial charge in [0.05, 0.1) is 0 Å². The Morgan fingerprint density at radius 3 is 1.86 bits per heavy atom. The van der Waals surface area contributed by atoms with E-state index in [1.807, 2.05) is 12.1 Å². The summed E-state index contributed by atoms with van der Waals surface area (Å²) < 4.78 is 6.01. The molecule has 37 heavy (non-hydrogen) atoms. The summed E-state index contributed by atoms with van der Waals surface area (Å²) in [6.07, 6.45) is 0. The Balaban J connectivity index is 1.23. The van der Waals surface area contributed by atoms with E-state index in [-0.39, 0.29) is 6.04 Å². The van der Waals surface area contributed by atoms with Gasteiger partial charge in [-0.05, 0) is 70.5 Å². The van der Waals surface area contributed by atoms with Gasteiger partial charge in [-0.1, -0.05) is 97.1 Å². The summed E-state index contributed by atoms with van der Waals surface area (Å²) in [6.45, 7) is 4.46. The van der Waals surface area contributed by atoms with E-state index in [1.54, 1.807) is 0 Å². The molecule has 0 amide bonds. The maximum absolute atomic E-state index is 6.01. The summed E-state index contributed by atoms with van der Waals surface area (Å²) in [5, 5.41) is 11.3. The Hall–Kier alpha value is -4.56. The third kappa shape index (κ3) is 3.56. The summed E-state index contributed by atoms with van der Waals surface area (Å²) in [6, 6.07) is 41.2. The maximum atomic E-state index is 6.01. The lowest BCUT2D eigenvalue weighted by molar-refractivity contribution is 0.669. The molecule has 7 rings (SSSR count). The van der Waals surface area contributed by atoms with Crippen LogP contribution in [0.3, 0.4) is 0 Å². The SMILES string of the molecule is Cc1c(NC(C)c2ccc(-c3ccc4oc5ccccc5c4c3)cc2)c2ccccc2c2ccccc12. The molecule has 6 aromatic carbocycles. The molecule has 0 saturated carbocycles. The van der Waals surface area contributed by atoms with E-state index in [9.17, 15) is 0 Å². The fraction of sp³-hybridized carbons (Fsp3) is 0.0857. The average molecular weight is 478 g/mol. The number of rotatable bonds is 4. The van der Waals surface area contributed by atoms with Gasteiger partial charge in [0.25, 0.3) is 0 Å². The molecule has 178 valence electrons.